The number of hydrazine groups is 1. The van der Waals surface area contributed by atoms with Gasteiger partial charge in [-0.2, -0.15) is 0 Å². The molecular formula is C19H19N5O2S. The van der Waals surface area contributed by atoms with Crippen LogP contribution in [-0.4, -0.2) is 32.1 Å². The van der Waals surface area contributed by atoms with Crippen molar-refractivity contribution in [2.75, 3.05) is 5.75 Å². The number of aromatic nitrogens is 3. The molecule has 0 aliphatic carbocycles. The van der Waals surface area contributed by atoms with Crippen LogP contribution >= 0.6 is 11.8 Å². The Morgan fingerprint density at radius 3 is 2.67 bits per heavy atom. The molecule has 2 amide bonds. The maximum Gasteiger partial charge on any atom is 0.288 e. The lowest BCUT2D eigenvalue weighted by molar-refractivity contribution is -0.119. The van der Waals surface area contributed by atoms with Crippen molar-refractivity contribution in [3.05, 3.63) is 71.8 Å². The summed E-state index contributed by atoms with van der Waals surface area (Å²) in [5.74, 6) is -0.685. The van der Waals surface area contributed by atoms with Crippen LogP contribution < -0.4 is 10.9 Å². The van der Waals surface area contributed by atoms with Crippen LogP contribution in [0.15, 0.2) is 60.1 Å². The number of benzene rings is 1. The number of hydrogen-bond acceptors (Lipinski definition) is 5. The van der Waals surface area contributed by atoms with E-state index in [1.54, 1.807) is 24.4 Å². The predicted molar refractivity (Wildman–Crippen MR) is 104 cm³/mol. The van der Waals surface area contributed by atoms with Crippen LogP contribution in [0.1, 0.15) is 21.6 Å². The molecule has 138 valence electrons. The lowest BCUT2D eigenvalue weighted by atomic mass is 10.1. The third-order valence-electron chi connectivity index (χ3n) is 3.99. The molecule has 0 spiro atoms. The number of thioether (sulfide) groups is 1. The van der Waals surface area contributed by atoms with Crippen LogP contribution in [0.5, 0.6) is 0 Å². The van der Waals surface area contributed by atoms with Crippen LogP contribution in [0.2, 0.25) is 0 Å². The van der Waals surface area contributed by atoms with Crippen LogP contribution in [0.3, 0.4) is 0 Å². The summed E-state index contributed by atoms with van der Waals surface area (Å²) in [4.78, 5) is 32.2. The molecule has 0 aliphatic heterocycles. The molecule has 0 radical (unpaired) electrons. The fraction of sp³-hybridized carbons (Fsp3) is 0.158. The van der Waals surface area contributed by atoms with E-state index in [1.165, 1.54) is 23.5 Å². The van der Waals surface area contributed by atoms with Gasteiger partial charge in [0.2, 0.25) is 5.91 Å². The summed E-state index contributed by atoms with van der Waals surface area (Å²) in [6.45, 7) is 4.11. The molecule has 8 heteroatoms. The normalized spacial score (nSPS) is 10.4. The van der Waals surface area contributed by atoms with E-state index in [1.807, 2.05) is 22.9 Å². The van der Waals surface area contributed by atoms with Gasteiger partial charge >= 0.3 is 0 Å². The van der Waals surface area contributed by atoms with E-state index in [-0.39, 0.29) is 17.4 Å². The van der Waals surface area contributed by atoms with Gasteiger partial charge in [-0.1, -0.05) is 30.0 Å². The van der Waals surface area contributed by atoms with E-state index >= 15 is 0 Å². The minimum atomic E-state index is -0.467. The number of imidazole rings is 1. The van der Waals surface area contributed by atoms with E-state index in [2.05, 4.69) is 40.7 Å². The first-order valence-electron chi connectivity index (χ1n) is 8.29. The van der Waals surface area contributed by atoms with Crippen molar-refractivity contribution in [1.29, 1.82) is 0 Å². The van der Waals surface area contributed by atoms with Gasteiger partial charge in [0.05, 0.1) is 11.4 Å². The highest BCUT2D eigenvalue weighted by atomic mass is 32.2. The smallest absolute Gasteiger partial charge is 0.288 e. The third-order valence-corrected chi connectivity index (χ3v) is 4.95. The lowest BCUT2D eigenvalue weighted by Crippen LogP contribution is -2.42. The highest BCUT2D eigenvalue weighted by Gasteiger charge is 2.12. The average molecular weight is 381 g/mol. The predicted octanol–water partition coefficient (Wildman–Crippen LogP) is 2.44. The van der Waals surface area contributed by atoms with Crippen molar-refractivity contribution in [2.24, 2.45) is 0 Å². The monoisotopic (exact) mass is 381 g/mol. The molecule has 2 N–H and O–H groups in total. The molecule has 2 aromatic heterocycles. The third kappa shape index (κ3) is 4.53. The number of carbonyl (C=O) groups is 2. The molecule has 0 aliphatic rings. The first-order chi connectivity index (χ1) is 13.1. The molecule has 3 aromatic rings. The fourth-order valence-corrected chi connectivity index (χ4v) is 3.20. The Balaban J connectivity index is 1.58. The first-order valence-corrected chi connectivity index (χ1v) is 9.28. The van der Waals surface area contributed by atoms with Crippen LogP contribution in [0.4, 0.5) is 0 Å². The Labute approximate surface area is 161 Å². The van der Waals surface area contributed by atoms with E-state index in [4.69, 9.17) is 0 Å². The second-order valence-electron chi connectivity index (χ2n) is 5.80. The molecule has 7 nitrogen and oxygen atoms in total. The molecule has 27 heavy (non-hydrogen) atoms. The number of pyridine rings is 1. The average Bonchev–Trinajstić information content (AvgIpc) is 3.15. The molecule has 0 bridgehead atoms. The maximum atomic E-state index is 12.0. The van der Waals surface area contributed by atoms with E-state index in [0.717, 1.165) is 11.3 Å². The number of nitrogens with zero attached hydrogens (tertiary/aromatic N) is 3. The molecule has 0 fully saturated rings. The molecule has 0 unspecified atom stereocenters. The van der Waals surface area contributed by atoms with Gasteiger partial charge in [-0.05, 0) is 43.2 Å². The minimum absolute atomic E-state index is 0.115. The lowest BCUT2D eigenvalue weighted by Gasteiger charge is -2.12. The van der Waals surface area contributed by atoms with Crippen molar-refractivity contribution in [3.63, 3.8) is 0 Å². The van der Waals surface area contributed by atoms with Gasteiger partial charge in [0.25, 0.3) is 5.91 Å². The van der Waals surface area contributed by atoms with Crippen LogP contribution in [0.25, 0.3) is 5.69 Å². The first kappa shape index (κ1) is 18.7. The fourth-order valence-electron chi connectivity index (χ4n) is 2.43. The zero-order valence-electron chi connectivity index (χ0n) is 15.0. The Hall–Kier alpha value is -3.13. The van der Waals surface area contributed by atoms with Gasteiger partial charge in [-0.3, -0.25) is 30.0 Å². The largest absolute Gasteiger partial charge is 0.295 e. The molecule has 1 aromatic carbocycles. The molecule has 3 rings (SSSR count). The summed E-state index contributed by atoms with van der Waals surface area (Å²) in [6, 6.07) is 11.0. The number of carbonyl (C=O) groups excluding carboxylic acids is 2. The number of rotatable bonds is 5. The number of amides is 2. The van der Waals surface area contributed by atoms with Crippen molar-refractivity contribution < 1.29 is 9.59 Å². The van der Waals surface area contributed by atoms with Gasteiger partial charge in [0, 0.05) is 18.6 Å². The van der Waals surface area contributed by atoms with Gasteiger partial charge in [-0.25, -0.2) is 4.98 Å². The summed E-state index contributed by atoms with van der Waals surface area (Å²) in [7, 11) is 0. The molecule has 0 saturated heterocycles. The second kappa shape index (κ2) is 8.50. The molecule has 2 heterocycles. The number of aryl methyl sites for hydroxylation is 1. The van der Waals surface area contributed by atoms with Crippen molar-refractivity contribution >= 4 is 23.6 Å². The highest BCUT2D eigenvalue weighted by Crippen LogP contribution is 2.24. The minimum Gasteiger partial charge on any atom is -0.295 e. The molecule has 0 atom stereocenters. The second-order valence-corrected chi connectivity index (χ2v) is 6.75. The maximum absolute atomic E-state index is 12.0. The zero-order chi connectivity index (χ0) is 19.2. The van der Waals surface area contributed by atoms with Crippen molar-refractivity contribution in [3.8, 4) is 5.69 Å². The number of hydrogen-bond donors (Lipinski definition) is 2. The quantitative estimate of drug-likeness (QED) is 0.523. The van der Waals surface area contributed by atoms with Gasteiger partial charge in [0.15, 0.2) is 5.16 Å². The van der Waals surface area contributed by atoms with Gasteiger partial charge in [-0.15, -0.1) is 0 Å². The van der Waals surface area contributed by atoms with Crippen molar-refractivity contribution in [2.45, 2.75) is 19.0 Å². The SMILES string of the molecule is Cc1cccc(-n2ccnc2SCC(=O)NNC(=O)c2ccccn2)c1C. The van der Waals surface area contributed by atoms with Crippen molar-refractivity contribution in [1.82, 2.24) is 25.4 Å². The summed E-state index contributed by atoms with van der Waals surface area (Å²) < 4.78 is 1.95. The Kier molecular flexibility index (Phi) is 5.87. The van der Waals surface area contributed by atoms with E-state index in [0.29, 0.717) is 5.16 Å². The van der Waals surface area contributed by atoms with E-state index in [9.17, 15) is 9.59 Å². The summed E-state index contributed by atoms with van der Waals surface area (Å²) in [6.07, 6.45) is 5.08. The number of nitrogens with one attached hydrogen (secondary N) is 2. The topological polar surface area (TPSA) is 88.9 Å². The van der Waals surface area contributed by atoms with Gasteiger partial charge in [0.1, 0.15) is 5.69 Å². The van der Waals surface area contributed by atoms with Gasteiger partial charge < -0.3 is 0 Å². The Morgan fingerprint density at radius 1 is 1.04 bits per heavy atom. The van der Waals surface area contributed by atoms with Crippen LogP contribution in [0, 0.1) is 13.8 Å². The zero-order valence-corrected chi connectivity index (χ0v) is 15.8. The highest BCUT2D eigenvalue weighted by molar-refractivity contribution is 7.99. The summed E-state index contributed by atoms with van der Waals surface area (Å²) >= 11 is 1.29. The molecular weight excluding hydrogens is 362 g/mol. The summed E-state index contributed by atoms with van der Waals surface area (Å²) in [5, 5.41) is 0.704. The standard InChI is InChI=1S/C19H19N5O2S/c1-13-6-5-8-16(14(13)2)24-11-10-21-19(24)27-12-17(25)22-23-18(26)15-7-3-4-9-20-15/h3-11H,12H2,1-2H3,(H,22,25)(H,23,26). The van der Waals surface area contributed by atoms with Crippen LogP contribution in [-0.2, 0) is 4.79 Å². The Morgan fingerprint density at radius 2 is 1.89 bits per heavy atom. The summed E-state index contributed by atoms with van der Waals surface area (Å²) in [5.41, 5.74) is 8.34. The molecule has 0 saturated carbocycles. The van der Waals surface area contributed by atoms with E-state index < -0.39 is 5.91 Å². The Bertz CT molecular complexity index is 956.